The van der Waals surface area contributed by atoms with E-state index in [9.17, 15) is 4.79 Å². The molecule has 0 N–H and O–H groups in total. The van der Waals surface area contributed by atoms with Crippen LogP contribution in [0.1, 0.15) is 25.5 Å². The van der Waals surface area contributed by atoms with Gasteiger partial charge in [0.15, 0.2) is 0 Å². The molecule has 0 aliphatic rings. The minimum Gasteiger partial charge on any atom is -0.468 e. The number of Topliss-reactive ketones (excluding diaryl/α,β-unsaturated/α-hetero) is 1. The summed E-state index contributed by atoms with van der Waals surface area (Å²) in [5.74, 6) is 2.67. The van der Waals surface area contributed by atoms with Crippen LogP contribution >= 0.6 is 11.8 Å². The average Bonchev–Trinajstić information content (AvgIpc) is 2.57. The van der Waals surface area contributed by atoms with Crippen LogP contribution in [0.2, 0.25) is 0 Å². The van der Waals surface area contributed by atoms with Crippen LogP contribution in [0.5, 0.6) is 0 Å². The maximum atomic E-state index is 11.1. The minimum atomic E-state index is 0.332. The van der Waals surface area contributed by atoms with E-state index in [1.165, 1.54) is 0 Å². The first kappa shape index (κ1) is 10.4. The second-order valence-corrected chi connectivity index (χ2v) is 3.85. The Morgan fingerprint density at radius 2 is 2.46 bits per heavy atom. The molecule has 0 saturated carbocycles. The van der Waals surface area contributed by atoms with Crippen LogP contribution in [-0.2, 0) is 10.5 Å². The van der Waals surface area contributed by atoms with Gasteiger partial charge in [-0.15, -0.1) is 11.8 Å². The van der Waals surface area contributed by atoms with E-state index >= 15 is 0 Å². The number of hydrogen-bond acceptors (Lipinski definition) is 3. The number of rotatable bonds is 6. The van der Waals surface area contributed by atoms with Crippen molar-refractivity contribution in [3.8, 4) is 0 Å². The van der Waals surface area contributed by atoms with Gasteiger partial charge < -0.3 is 4.42 Å². The van der Waals surface area contributed by atoms with Gasteiger partial charge in [-0.2, -0.15) is 0 Å². The second kappa shape index (κ2) is 5.86. The summed E-state index contributed by atoms with van der Waals surface area (Å²) >= 11 is 1.62. The Balaban J connectivity index is 2.11. The Morgan fingerprint density at radius 3 is 3.08 bits per heavy atom. The van der Waals surface area contributed by atoms with Gasteiger partial charge in [-0.05, 0) is 18.6 Å². The molecule has 0 amide bonds. The first-order valence-corrected chi connectivity index (χ1v) is 5.60. The van der Waals surface area contributed by atoms with Gasteiger partial charge in [0.1, 0.15) is 11.5 Å². The van der Waals surface area contributed by atoms with E-state index in [1.807, 2.05) is 19.1 Å². The molecule has 0 aliphatic carbocycles. The third-order valence-corrected chi connectivity index (χ3v) is 2.63. The van der Waals surface area contributed by atoms with Crippen molar-refractivity contribution in [3.05, 3.63) is 24.2 Å². The predicted octanol–water partition coefficient (Wildman–Crippen LogP) is 2.88. The third kappa shape index (κ3) is 4.18. The van der Waals surface area contributed by atoms with Crippen LogP contribution in [0.4, 0.5) is 0 Å². The molecule has 0 atom stereocenters. The molecular formula is C10H14O2S. The van der Waals surface area contributed by atoms with Gasteiger partial charge in [0.25, 0.3) is 0 Å². The van der Waals surface area contributed by atoms with E-state index in [1.54, 1.807) is 18.0 Å². The van der Waals surface area contributed by atoms with E-state index in [2.05, 4.69) is 0 Å². The molecule has 13 heavy (non-hydrogen) atoms. The zero-order valence-corrected chi connectivity index (χ0v) is 8.60. The summed E-state index contributed by atoms with van der Waals surface area (Å²) in [6.07, 6.45) is 3.30. The van der Waals surface area contributed by atoms with Crippen molar-refractivity contribution in [2.75, 3.05) is 5.75 Å². The quantitative estimate of drug-likeness (QED) is 0.704. The third-order valence-electron chi connectivity index (χ3n) is 1.62. The monoisotopic (exact) mass is 198 g/mol. The zero-order chi connectivity index (χ0) is 9.52. The number of hydrogen-bond donors (Lipinski definition) is 0. The average molecular weight is 198 g/mol. The van der Waals surface area contributed by atoms with Crippen molar-refractivity contribution < 1.29 is 9.21 Å². The van der Waals surface area contributed by atoms with Crippen molar-refractivity contribution in [1.82, 2.24) is 0 Å². The lowest BCUT2D eigenvalue weighted by atomic mass is 10.3. The molecule has 1 rings (SSSR count). The van der Waals surface area contributed by atoms with Crippen LogP contribution in [0, 0.1) is 0 Å². The molecule has 0 unspecified atom stereocenters. The fourth-order valence-corrected chi connectivity index (χ4v) is 1.85. The van der Waals surface area contributed by atoms with Crippen molar-refractivity contribution in [1.29, 1.82) is 0 Å². The summed E-state index contributed by atoms with van der Waals surface area (Å²) in [7, 11) is 0. The molecule has 2 nitrogen and oxygen atoms in total. The number of thioether (sulfide) groups is 1. The van der Waals surface area contributed by atoms with Crippen LogP contribution in [-0.4, -0.2) is 11.5 Å². The SMILES string of the molecule is CCCC(=O)CSCc1ccco1. The number of ketones is 1. The Bertz CT molecular complexity index is 241. The molecule has 0 bridgehead atoms. The largest absolute Gasteiger partial charge is 0.468 e. The molecule has 1 aromatic rings. The van der Waals surface area contributed by atoms with E-state index in [0.29, 0.717) is 18.0 Å². The van der Waals surface area contributed by atoms with Gasteiger partial charge in [0, 0.05) is 6.42 Å². The maximum absolute atomic E-state index is 11.1. The van der Waals surface area contributed by atoms with Gasteiger partial charge in [-0.3, -0.25) is 4.79 Å². The summed E-state index contributed by atoms with van der Waals surface area (Å²) in [6, 6.07) is 3.79. The van der Waals surface area contributed by atoms with Gasteiger partial charge in [0.2, 0.25) is 0 Å². The van der Waals surface area contributed by atoms with Gasteiger partial charge in [-0.1, -0.05) is 6.92 Å². The summed E-state index contributed by atoms with van der Waals surface area (Å²) in [4.78, 5) is 11.1. The smallest absolute Gasteiger partial charge is 0.142 e. The van der Waals surface area contributed by atoms with E-state index in [4.69, 9.17) is 4.42 Å². The highest BCUT2D eigenvalue weighted by Gasteiger charge is 2.01. The topological polar surface area (TPSA) is 30.2 Å². The fourth-order valence-electron chi connectivity index (χ4n) is 1.01. The van der Waals surface area contributed by atoms with Crippen LogP contribution in [0.15, 0.2) is 22.8 Å². The minimum absolute atomic E-state index is 0.332. The van der Waals surface area contributed by atoms with Crippen molar-refractivity contribution in [2.45, 2.75) is 25.5 Å². The molecule has 72 valence electrons. The summed E-state index contributed by atoms with van der Waals surface area (Å²) in [6.45, 7) is 2.02. The lowest BCUT2D eigenvalue weighted by Crippen LogP contribution is -2.00. The zero-order valence-electron chi connectivity index (χ0n) is 7.79. The molecule has 0 aliphatic heterocycles. The fraction of sp³-hybridized carbons (Fsp3) is 0.500. The van der Waals surface area contributed by atoms with Crippen molar-refractivity contribution in [3.63, 3.8) is 0 Å². The molecule has 0 spiro atoms. The van der Waals surface area contributed by atoms with Crippen LogP contribution < -0.4 is 0 Å². The number of carbonyl (C=O) groups is 1. The van der Waals surface area contributed by atoms with E-state index < -0.39 is 0 Å². The lowest BCUT2D eigenvalue weighted by Gasteiger charge is -1.97. The molecule has 3 heteroatoms. The lowest BCUT2D eigenvalue weighted by molar-refractivity contribution is -0.116. The first-order valence-electron chi connectivity index (χ1n) is 4.44. The van der Waals surface area contributed by atoms with Crippen LogP contribution in [0.3, 0.4) is 0 Å². The number of furan rings is 1. The highest BCUT2D eigenvalue weighted by Crippen LogP contribution is 2.12. The Labute approximate surface area is 82.7 Å². The van der Waals surface area contributed by atoms with Crippen LogP contribution in [0.25, 0.3) is 0 Å². The molecular weight excluding hydrogens is 184 g/mol. The molecule has 0 fully saturated rings. The van der Waals surface area contributed by atoms with E-state index in [-0.39, 0.29) is 0 Å². The standard InChI is InChI=1S/C10H14O2S/c1-2-4-9(11)7-13-8-10-5-3-6-12-10/h3,5-6H,2,4,7-8H2,1H3. The maximum Gasteiger partial charge on any atom is 0.142 e. The Hall–Kier alpha value is -0.700. The van der Waals surface area contributed by atoms with E-state index in [0.717, 1.165) is 17.9 Å². The first-order chi connectivity index (χ1) is 6.33. The molecule has 1 aromatic heterocycles. The normalized spacial score (nSPS) is 10.2. The Kier molecular flexibility index (Phi) is 4.68. The van der Waals surface area contributed by atoms with Gasteiger partial charge in [-0.25, -0.2) is 0 Å². The molecule has 0 saturated heterocycles. The highest BCUT2D eigenvalue weighted by molar-refractivity contribution is 7.99. The van der Waals surface area contributed by atoms with Gasteiger partial charge >= 0.3 is 0 Å². The Morgan fingerprint density at radius 1 is 1.62 bits per heavy atom. The predicted molar refractivity (Wildman–Crippen MR) is 54.8 cm³/mol. The molecule has 0 aromatic carbocycles. The van der Waals surface area contributed by atoms with Crippen molar-refractivity contribution in [2.24, 2.45) is 0 Å². The summed E-state index contributed by atoms with van der Waals surface area (Å²) in [5.41, 5.74) is 0. The summed E-state index contributed by atoms with van der Waals surface area (Å²) < 4.78 is 5.14. The second-order valence-electron chi connectivity index (χ2n) is 2.86. The van der Waals surface area contributed by atoms with Gasteiger partial charge in [0.05, 0.1) is 17.8 Å². The number of carbonyl (C=O) groups excluding carboxylic acids is 1. The molecule has 1 heterocycles. The summed E-state index contributed by atoms with van der Waals surface area (Å²) in [5, 5.41) is 0. The highest BCUT2D eigenvalue weighted by atomic mass is 32.2. The molecule has 0 radical (unpaired) electrons. The van der Waals surface area contributed by atoms with Crippen molar-refractivity contribution >= 4 is 17.5 Å².